The van der Waals surface area contributed by atoms with Crippen molar-refractivity contribution in [3.8, 4) is 22.3 Å². The van der Waals surface area contributed by atoms with Gasteiger partial charge >= 0.3 is 0 Å². The normalized spacial score (nSPS) is 13.7. The molecule has 1 aromatic heterocycles. The molecule has 0 N–H and O–H groups in total. The molecule has 0 radical (unpaired) electrons. The van der Waals surface area contributed by atoms with E-state index in [4.69, 9.17) is 0 Å². The van der Waals surface area contributed by atoms with E-state index in [-0.39, 0.29) is 23.0 Å². The van der Waals surface area contributed by atoms with Crippen molar-refractivity contribution in [1.82, 2.24) is 0 Å². The second kappa shape index (κ2) is 15.2. The molecule has 0 saturated carbocycles. The van der Waals surface area contributed by atoms with Crippen LogP contribution in [0.5, 0.6) is 0 Å². The summed E-state index contributed by atoms with van der Waals surface area (Å²) in [4.78, 5) is 5.23. The van der Waals surface area contributed by atoms with Crippen LogP contribution >= 0.6 is 11.3 Å². The highest BCUT2D eigenvalue weighted by atomic mass is 32.1. The summed E-state index contributed by atoms with van der Waals surface area (Å²) >= 11 is 1.98. The number of thiophene rings is 1. The maximum atomic E-state index is 2.68. The highest BCUT2D eigenvalue weighted by molar-refractivity contribution is 7.33. The van der Waals surface area contributed by atoms with Gasteiger partial charge in [0.25, 0.3) is 6.71 Å². The van der Waals surface area contributed by atoms with Crippen LogP contribution in [0.2, 0.25) is 0 Å². The zero-order chi connectivity index (χ0) is 48.0. The summed E-state index contributed by atoms with van der Waals surface area (Å²) in [7, 11) is 0. The fourth-order valence-corrected chi connectivity index (χ4v) is 13.0. The summed E-state index contributed by atoms with van der Waals surface area (Å²) in [6.07, 6.45) is 0. The highest BCUT2D eigenvalue weighted by Crippen LogP contribution is 2.52. The first-order valence-electron chi connectivity index (χ1n) is 25.0. The average molecular weight is 921 g/mol. The van der Waals surface area contributed by atoms with Crippen LogP contribution in [0.1, 0.15) is 79.0 Å². The van der Waals surface area contributed by atoms with Crippen LogP contribution in [0, 0.1) is 0 Å². The van der Waals surface area contributed by atoms with Gasteiger partial charge in [0.05, 0.1) is 11.4 Å². The fraction of sp³-hybridized carbons (Fsp3) is 0.182. The Morgan fingerprint density at radius 1 is 0.400 bits per heavy atom. The van der Waals surface area contributed by atoms with E-state index in [0.29, 0.717) is 0 Å². The van der Waals surface area contributed by atoms with Gasteiger partial charge in [-0.05, 0) is 147 Å². The van der Waals surface area contributed by atoms with E-state index < -0.39 is 0 Å². The summed E-state index contributed by atoms with van der Waals surface area (Å²) in [6.45, 7) is 21.0. The molecule has 0 unspecified atom stereocenters. The number of fused-ring (bicyclic) bond motifs is 6. The van der Waals surface area contributed by atoms with Gasteiger partial charge in [-0.1, -0.05) is 190 Å². The lowest BCUT2D eigenvalue weighted by Gasteiger charge is -2.44. The molecule has 11 aromatic rings. The third kappa shape index (κ3) is 6.52. The smallest absolute Gasteiger partial charge is 0.264 e. The summed E-state index contributed by atoms with van der Waals surface area (Å²) in [5, 5.41) is 9.09. The number of hydrogen-bond acceptors (Lipinski definition) is 3. The lowest BCUT2D eigenvalue weighted by atomic mass is 9.36. The Hall–Kier alpha value is -7.14. The number of nitrogens with zero attached hydrogens (tertiary/aromatic N) is 2. The quantitative estimate of drug-likeness (QED) is 0.128. The van der Waals surface area contributed by atoms with Gasteiger partial charge in [0.15, 0.2) is 0 Å². The van der Waals surface area contributed by atoms with E-state index in [1.165, 1.54) is 131 Å². The number of anilines is 6. The minimum absolute atomic E-state index is 0.0178. The lowest BCUT2D eigenvalue weighted by Crippen LogP contribution is -2.60. The SMILES string of the molecule is CC(C)(C)c1ccc(N2c3ccc(C(C)(C)C)cc3B3c4sc5ccc(-c6ccccc6)cc5c4N(c4ccc(C(C)(C)C)cc4-c4ccc5ccc6cccc7ccc4c5c67)c4cccc2c43)cc1. The Morgan fingerprint density at radius 3 is 1.70 bits per heavy atom. The average Bonchev–Trinajstić information content (AvgIpc) is 3.73. The third-order valence-electron chi connectivity index (χ3n) is 15.5. The molecule has 0 saturated heterocycles. The monoisotopic (exact) mass is 920 g/mol. The summed E-state index contributed by atoms with van der Waals surface area (Å²) in [6, 6.07) is 70.0. The first-order valence-corrected chi connectivity index (χ1v) is 25.8. The molecule has 0 bridgehead atoms. The molecule has 13 rings (SSSR count). The Morgan fingerprint density at radius 2 is 1.00 bits per heavy atom. The van der Waals surface area contributed by atoms with E-state index in [2.05, 4.69) is 254 Å². The van der Waals surface area contributed by atoms with Gasteiger partial charge in [-0.2, -0.15) is 0 Å². The van der Waals surface area contributed by atoms with Crippen molar-refractivity contribution in [2.75, 3.05) is 9.80 Å². The fourth-order valence-electron chi connectivity index (χ4n) is 11.7. The third-order valence-corrected chi connectivity index (χ3v) is 16.7. The molecule has 0 fully saturated rings. The molecule has 2 aliphatic rings. The summed E-state index contributed by atoms with van der Waals surface area (Å²) < 4.78 is 2.68. The van der Waals surface area contributed by atoms with Crippen LogP contribution in [0.4, 0.5) is 34.1 Å². The molecule has 10 aromatic carbocycles. The number of hydrogen-bond donors (Lipinski definition) is 0. The van der Waals surface area contributed by atoms with Crippen molar-refractivity contribution in [1.29, 1.82) is 0 Å². The molecule has 0 spiro atoms. The van der Waals surface area contributed by atoms with Gasteiger partial charge in [0.2, 0.25) is 0 Å². The lowest BCUT2D eigenvalue weighted by molar-refractivity contribution is 0.590. The van der Waals surface area contributed by atoms with Crippen LogP contribution in [0.3, 0.4) is 0 Å². The second-order valence-electron chi connectivity index (χ2n) is 23.0. The standard InChI is InChI=1S/C66H57BN2S/c1-64(2,3)45-26-30-48(31-27-45)68-55-35-29-47(66(7,8)9)39-53(55)67-61-56(68)19-14-20-57(61)69(62-52-37-44(40-15-11-10-12-16-40)25-36-58(52)70-63(62)67)54-34-28-46(65(4,5)6)38-51(54)49-32-23-43-22-21-41-17-13-18-42-24-33-50(49)60(43)59(41)42/h10-39H,1-9H3. The first-order chi connectivity index (χ1) is 33.6. The van der Waals surface area contributed by atoms with Crippen LogP contribution in [0.25, 0.3) is 64.7 Å². The summed E-state index contributed by atoms with van der Waals surface area (Å²) in [5.74, 6) is 0. The van der Waals surface area contributed by atoms with E-state index in [0.717, 1.165) is 0 Å². The topological polar surface area (TPSA) is 6.48 Å². The largest absolute Gasteiger partial charge is 0.311 e. The zero-order valence-corrected chi connectivity index (χ0v) is 42.5. The van der Waals surface area contributed by atoms with Crippen molar-refractivity contribution in [2.45, 2.75) is 78.6 Å². The van der Waals surface area contributed by atoms with Crippen molar-refractivity contribution in [2.24, 2.45) is 0 Å². The van der Waals surface area contributed by atoms with Gasteiger partial charge in [-0.15, -0.1) is 11.3 Å². The van der Waals surface area contributed by atoms with Crippen molar-refractivity contribution in [3.05, 3.63) is 199 Å². The van der Waals surface area contributed by atoms with Crippen LogP contribution < -0.4 is 25.5 Å². The molecule has 0 atom stereocenters. The molecule has 0 amide bonds. The molecular formula is C66H57BN2S. The maximum absolute atomic E-state index is 2.68. The molecule has 2 aliphatic heterocycles. The van der Waals surface area contributed by atoms with Crippen LogP contribution in [-0.4, -0.2) is 6.71 Å². The zero-order valence-electron chi connectivity index (χ0n) is 41.7. The predicted molar refractivity (Wildman–Crippen MR) is 307 cm³/mol. The van der Waals surface area contributed by atoms with Gasteiger partial charge in [0, 0.05) is 43.2 Å². The van der Waals surface area contributed by atoms with Crippen molar-refractivity contribution < 1.29 is 0 Å². The van der Waals surface area contributed by atoms with E-state index in [1.54, 1.807) is 0 Å². The van der Waals surface area contributed by atoms with Gasteiger partial charge in [-0.3, -0.25) is 0 Å². The Bertz CT molecular complexity index is 3880. The molecule has 340 valence electrons. The van der Waals surface area contributed by atoms with E-state index in [9.17, 15) is 0 Å². The first kappa shape index (κ1) is 42.9. The van der Waals surface area contributed by atoms with Gasteiger partial charge in [0.1, 0.15) is 0 Å². The minimum atomic E-state index is -0.0711. The molecule has 70 heavy (non-hydrogen) atoms. The van der Waals surface area contributed by atoms with Crippen molar-refractivity contribution >= 4 is 110 Å². The summed E-state index contributed by atoms with van der Waals surface area (Å²) in [5.41, 5.74) is 19.0. The van der Waals surface area contributed by atoms with E-state index >= 15 is 0 Å². The predicted octanol–water partition coefficient (Wildman–Crippen LogP) is 17.1. The minimum Gasteiger partial charge on any atom is -0.311 e. The Kier molecular flexibility index (Phi) is 9.31. The van der Waals surface area contributed by atoms with Crippen molar-refractivity contribution in [3.63, 3.8) is 0 Å². The van der Waals surface area contributed by atoms with Crippen LogP contribution in [-0.2, 0) is 16.2 Å². The van der Waals surface area contributed by atoms with Gasteiger partial charge in [-0.25, -0.2) is 0 Å². The molecule has 0 aliphatic carbocycles. The number of benzene rings is 10. The molecule has 2 nitrogen and oxygen atoms in total. The number of rotatable bonds is 4. The highest BCUT2D eigenvalue weighted by Gasteiger charge is 2.46. The molecule has 3 heterocycles. The van der Waals surface area contributed by atoms with Gasteiger partial charge < -0.3 is 9.80 Å². The Labute approximate surface area is 417 Å². The molecule has 4 heteroatoms. The maximum Gasteiger partial charge on any atom is 0.264 e. The second-order valence-corrected chi connectivity index (χ2v) is 24.1. The Balaban J connectivity index is 1.14. The van der Waals surface area contributed by atoms with E-state index in [1.807, 2.05) is 11.3 Å². The van der Waals surface area contributed by atoms with Crippen LogP contribution in [0.15, 0.2) is 182 Å². The molecular weight excluding hydrogens is 864 g/mol.